The van der Waals surface area contributed by atoms with Crippen molar-refractivity contribution in [2.24, 2.45) is 0 Å². The molecule has 0 unspecified atom stereocenters. The van der Waals surface area contributed by atoms with Crippen LogP contribution >= 0.6 is 11.8 Å². The fraction of sp³-hybridized carbons (Fsp3) is 0.462. The average molecular weight is 458 g/mol. The second kappa shape index (κ2) is 10.4. The van der Waals surface area contributed by atoms with Crippen LogP contribution in [0, 0.1) is 0 Å². The van der Waals surface area contributed by atoms with Crippen molar-refractivity contribution in [3.05, 3.63) is 58.7 Å². The van der Waals surface area contributed by atoms with Crippen LogP contribution in [0.25, 0.3) is 0 Å². The van der Waals surface area contributed by atoms with E-state index in [1.165, 1.54) is 17.7 Å². The van der Waals surface area contributed by atoms with Crippen LogP contribution in [0.4, 0.5) is 5.69 Å². The van der Waals surface area contributed by atoms with Crippen molar-refractivity contribution in [1.82, 2.24) is 0 Å². The van der Waals surface area contributed by atoms with Gasteiger partial charge in [0.2, 0.25) is 5.91 Å². The largest absolute Gasteiger partial charge is 0.507 e. The van der Waals surface area contributed by atoms with Gasteiger partial charge in [-0.05, 0) is 64.3 Å². The van der Waals surface area contributed by atoms with Crippen LogP contribution in [0.5, 0.6) is 5.75 Å². The van der Waals surface area contributed by atoms with Gasteiger partial charge in [-0.15, -0.1) is 0 Å². The first kappa shape index (κ1) is 25.8. The van der Waals surface area contributed by atoms with Gasteiger partial charge in [0.1, 0.15) is 5.75 Å². The summed E-state index contributed by atoms with van der Waals surface area (Å²) in [4.78, 5) is 23.2. The number of hydrogen-bond donors (Lipinski definition) is 3. The lowest BCUT2D eigenvalue weighted by Gasteiger charge is -2.28. The summed E-state index contributed by atoms with van der Waals surface area (Å²) in [6.07, 6.45) is 1.80. The molecule has 3 N–H and O–H groups in total. The fourth-order valence-corrected chi connectivity index (χ4v) is 4.20. The first-order valence-electron chi connectivity index (χ1n) is 10.9. The van der Waals surface area contributed by atoms with E-state index in [1.807, 2.05) is 0 Å². The molecule has 0 aromatic heterocycles. The van der Waals surface area contributed by atoms with E-state index in [-0.39, 0.29) is 22.3 Å². The van der Waals surface area contributed by atoms with Gasteiger partial charge in [0.25, 0.3) is 0 Å². The highest BCUT2D eigenvalue weighted by Gasteiger charge is 2.26. The van der Waals surface area contributed by atoms with Crippen LogP contribution in [-0.2, 0) is 22.0 Å². The summed E-state index contributed by atoms with van der Waals surface area (Å²) in [5, 5.41) is 22.6. The van der Waals surface area contributed by atoms with E-state index in [1.54, 1.807) is 23.9 Å². The molecule has 2 aromatic carbocycles. The summed E-state index contributed by atoms with van der Waals surface area (Å²) >= 11 is 1.56. The zero-order valence-electron chi connectivity index (χ0n) is 19.9. The van der Waals surface area contributed by atoms with Gasteiger partial charge < -0.3 is 15.5 Å². The van der Waals surface area contributed by atoms with Crippen molar-refractivity contribution >= 4 is 29.3 Å². The molecule has 0 atom stereocenters. The molecular formula is C26H35NO4S. The Morgan fingerprint density at radius 1 is 0.969 bits per heavy atom. The Balaban J connectivity index is 1.92. The average Bonchev–Trinajstić information content (AvgIpc) is 2.67. The van der Waals surface area contributed by atoms with Gasteiger partial charge in [-0.25, -0.2) is 4.79 Å². The maximum atomic E-state index is 12.2. The number of nitrogens with one attached hydrogen (secondary N) is 1. The van der Waals surface area contributed by atoms with Crippen molar-refractivity contribution in [2.75, 3.05) is 16.8 Å². The van der Waals surface area contributed by atoms with Crippen molar-refractivity contribution in [1.29, 1.82) is 0 Å². The Bertz CT molecular complexity index is 936. The molecule has 1 amide bonds. The number of carbonyl (C=O) groups is 2. The maximum absolute atomic E-state index is 12.2. The van der Waals surface area contributed by atoms with E-state index < -0.39 is 5.97 Å². The minimum Gasteiger partial charge on any atom is -0.507 e. The van der Waals surface area contributed by atoms with Gasteiger partial charge in [0, 0.05) is 5.69 Å². The number of aryl methyl sites for hydroxylation is 1. The molecule has 0 aliphatic carbocycles. The van der Waals surface area contributed by atoms with Gasteiger partial charge in [0.15, 0.2) is 0 Å². The number of amides is 1. The van der Waals surface area contributed by atoms with Crippen molar-refractivity contribution in [3.8, 4) is 5.75 Å². The van der Waals surface area contributed by atoms with Gasteiger partial charge >= 0.3 is 5.97 Å². The number of thioether (sulfide) groups is 1. The first-order valence-corrected chi connectivity index (χ1v) is 12.0. The standard InChI is InChI=1S/C26H35NO4S/c1-25(2,3)20-13-17(14-21(23(20)29)26(4,5)6)9-8-12-32-16-22(28)27-19-11-7-10-18(15-19)24(30)31/h7,10-11,13-15,29H,8-9,12,16H2,1-6H3,(H,27,28)(H,30,31). The zero-order valence-corrected chi connectivity index (χ0v) is 20.7. The van der Waals surface area contributed by atoms with Crippen LogP contribution in [0.3, 0.4) is 0 Å². The predicted molar refractivity (Wildman–Crippen MR) is 133 cm³/mol. The summed E-state index contributed by atoms with van der Waals surface area (Å²) in [7, 11) is 0. The molecule has 32 heavy (non-hydrogen) atoms. The molecule has 0 aliphatic heterocycles. The summed E-state index contributed by atoms with van der Waals surface area (Å²) in [5.74, 6) is 0.375. The number of aromatic carboxylic acids is 1. The van der Waals surface area contributed by atoms with Gasteiger partial charge in [-0.2, -0.15) is 11.8 Å². The van der Waals surface area contributed by atoms with E-state index in [0.29, 0.717) is 17.2 Å². The lowest BCUT2D eigenvalue weighted by molar-refractivity contribution is -0.113. The molecule has 0 saturated heterocycles. The lowest BCUT2D eigenvalue weighted by atomic mass is 9.78. The molecule has 2 rings (SSSR count). The first-order chi connectivity index (χ1) is 14.8. The SMILES string of the molecule is CC(C)(C)c1cc(CCCSCC(=O)Nc2cccc(C(=O)O)c2)cc(C(C)(C)C)c1O. The highest BCUT2D eigenvalue weighted by atomic mass is 32.2. The number of aromatic hydroxyl groups is 1. The number of hydrogen-bond acceptors (Lipinski definition) is 4. The second-order valence-electron chi connectivity index (χ2n) is 10.1. The van der Waals surface area contributed by atoms with Gasteiger partial charge in [0.05, 0.1) is 11.3 Å². The molecule has 174 valence electrons. The summed E-state index contributed by atoms with van der Waals surface area (Å²) in [6, 6.07) is 10.5. The number of carbonyl (C=O) groups excluding carboxylic acids is 1. The monoisotopic (exact) mass is 457 g/mol. The van der Waals surface area contributed by atoms with Crippen LogP contribution in [0.2, 0.25) is 0 Å². The summed E-state index contributed by atoms with van der Waals surface area (Å²) < 4.78 is 0. The number of carboxylic acids is 1. The highest BCUT2D eigenvalue weighted by Crippen LogP contribution is 2.40. The lowest BCUT2D eigenvalue weighted by Crippen LogP contribution is -2.18. The topological polar surface area (TPSA) is 86.6 Å². The third kappa shape index (κ3) is 7.30. The van der Waals surface area contributed by atoms with Crippen LogP contribution < -0.4 is 5.32 Å². The van der Waals surface area contributed by atoms with Crippen LogP contribution in [-0.4, -0.2) is 33.6 Å². The molecule has 0 heterocycles. The molecule has 2 aromatic rings. The van der Waals surface area contributed by atoms with E-state index >= 15 is 0 Å². The van der Waals surface area contributed by atoms with Crippen molar-refractivity contribution in [2.45, 2.75) is 65.2 Å². The van der Waals surface area contributed by atoms with E-state index in [4.69, 9.17) is 5.11 Å². The Kier molecular flexibility index (Phi) is 8.41. The number of phenolic OH excluding ortho intramolecular Hbond substituents is 1. The third-order valence-corrected chi connectivity index (χ3v) is 6.21. The summed E-state index contributed by atoms with van der Waals surface area (Å²) in [6.45, 7) is 12.7. The molecule has 0 spiro atoms. The number of benzene rings is 2. The predicted octanol–water partition coefficient (Wildman–Crippen LogP) is 5.99. The molecule has 5 nitrogen and oxygen atoms in total. The number of phenols is 1. The minimum absolute atomic E-state index is 0.146. The molecule has 0 radical (unpaired) electrons. The van der Waals surface area contributed by atoms with Crippen molar-refractivity contribution in [3.63, 3.8) is 0 Å². The quantitative estimate of drug-likeness (QED) is 0.424. The van der Waals surface area contributed by atoms with Crippen molar-refractivity contribution < 1.29 is 19.8 Å². The van der Waals surface area contributed by atoms with E-state index in [0.717, 1.165) is 29.7 Å². The number of carboxylic acid groups (broad SMARTS) is 1. The Morgan fingerprint density at radius 3 is 2.09 bits per heavy atom. The molecule has 0 fully saturated rings. The molecule has 6 heteroatoms. The Morgan fingerprint density at radius 2 is 1.56 bits per heavy atom. The minimum atomic E-state index is -1.02. The number of anilines is 1. The summed E-state index contributed by atoms with van der Waals surface area (Å²) in [5.41, 5.74) is 3.48. The molecule has 0 aliphatic rings. The van der Waals surface area contributed by atoms with Gasteiger partial charge in [-0.3, -0.25) is 4.79 Å². The molecular weight excluding hydrogens is 422 g/mol. The Hall–Kier alpha value is -2.47. The maximum Gasteiger partial charge on any atom is 0.335 e. The van der Waals surface area contributed by atoms with Crippen LogP contribution in [0.1, 0.15) is 75.0 Å². The number of rotatable bonds is 8. The third-order valence-electron chi connectivity index (χ3n) is 5.17. The highest BCUT2D eigenvalue weighted by molar-refractivity contribution is 7.99. The normalized spacial score (nSPS) is 11.9. The Labute approximate surface area is 195 Å². The fourth-order valence-electron chi connectivity index (χ4n) is 3.45. The zero-order chi connectivity index (χ0) is 24.1. The smallest absolute Gasteiger partial charge is 0.335 e. The van der Waals surface area contributed by atoms with Gasteiger partial charge in [-0.1, -0.05) is 59.7 Å². The molecule has 0 saturated carbocycles. The molecule has 0 bridgehead atoms. The van der Waals surface area contributed by atoms with Crippen LogP contribution in [0.15, 0.2) is 36.4 Å². The second-order valence-corrected chi connectivity index (χ2v) is 11.2. The van der Waals surface area contributed by atoms with E-state index in [9.17, 15) is 14.7 Å². The van der Waals surface area contributed by atoms with E-state index in [2.05, 4.69) is 59.0 Å².